The van der Waals surface area contributed by atoms with Crippen LogP contribution in [0.1, 0.15) is 17.3 Å². The molecule has 2 rings (SSSR count). The van der Waals surface area contributed by atoms with Gasteiger partial charge in [0, 0.05) is 17.0 Å². The first-order valence-electron chi connectivity index (χ1n) is 6.80. The van der Waals surface area contributed by atoms with Gasteiger partial charge in [-0.05, 0) is 25.1 Å². The Morgan fingerprint density at radius 3 is 2.78 bits per heavy atom. The van der Waals surface area contributed by atoms with E-state index >= 15 is 0 Å². The molecule has 2 amide bonds. The van der Waals surface area contributed by atoms with Crippen LogP contribution in [0.2, 0.25) is 0 Å². The number of amides is 2. The van der Waals surface area contributed by atoms with Crippen LogP contribution >= 0.6 is 11.8 Å². The minimum atomic E-state index is -4.49. The summed E-state index contributed by atoms with van der Waals surface area (Å²) in [5, 5.41) is 2.39. The van der Waals surface area contributed by atoms with Crippen molar-refractivity contribution in [2.45, 2.75) is 23.2 Å². The van der Waals surface area contributed by atoms with Gasteiger partial charge in [0.05, 0.1) is 10.9 Å². The second kappa shape index (κ2) is 6.66. The number of thioether (sulfide) groups is 1. The Morgan fingerprint density at radius 1 is 1.48 bits per heavy atom. The van der Waals surface area contributed by atoms with E-state index in [0.29, 0.717) is 10.6 Å². The van der Waals surface area contributed by atoms with E-state index in [2.05, 4.69) is 11.9 Å². The summed E-state index contributed by atoms with van der Waals surface area (Å²) in [4.78, 5) is 25.4. The highest BCUT2D eigenvalue weighted by Gasteiger charge is 2.33. The summed E-state index contributed by atoms with van der Waals surface area (Å²) in [6.45, 7) is 3.55. The van der Waals surface area contributed by atoms with Crippen molar-refractivity contribution in [1.82, 2.24) is 4.90 Å². The monoisotopic (exact) mass is 344 g/mol. The first kappa shape index (κ1) is 17.4. The van der Waals surface area contributed by atoms with Crippen LogP contribution in [0.3, 0.4) is 0 Å². The summed E-state index contributed by atoms with van der Waals surface area (Å²) < 4.78 is 37.8. The fraction of sp³-hybridized carbons (Fsp3) is 0.333. The summed E-state index contributed by atoms with van der Waals surface area (Å²) >= 11 is 1.34. The maximum atomic E-state index is 12.6. The zero-order valence-corrected chi connectivity index (χ0v) is 13.1. The maximum absolute atomic E-state index is 12.6. The molecule has 1 heterocycles. The molecule has 0 saturated heterocycles. The number of nitrogens with zero attached hydrogens (tertiary/aromatic N) is 1. The number of carbonyl (C=O) groups is 2. The molecule has 0 saturated carbocycles. The largest absolute Gasteiger partial charge is 0.406 e. The lowest BCUT2D eigenvalue weighted by atomic mass is 10.1. The molecule has 0 radical (unpaired) electrons. The average molecular weight is 344 g/mol. The van der Waals surface area contributed by atoms with Gasteiger partial charge >= 0.3 is 6.18 Å². The van der Waals surface area contributed by atoms with Gasteiger partial charge in [0.25, 0.3) is 5.91 Å². The van der Waals surface area contributed by atoms with Gasteiger partial charge in [-0.15, -0.1) is 18.3 Å². The van der Waals surface area contributed by atoms with E-state index in [4.69, 9.17) is 0 Å². The lowest BCUT2D eigenvalue weighted by molar-refractivity contribution is -0.139. The molecule has 1 atom stereocenters. The van der Waals surface area contributed by atoms with Crippen LogP contribution in [0, 0.1) is 0 Å². The second-order valence-corrected chi connectivity index (χ2v) is 6.43. The molecule has 1 aliphatic heterocycles. The van der Waals surface area contributed by atoms with Crippen molar-refractivity contribution < 1.29 is 22.8 Å². The highest BCUT2D eigenvalue weighted by atomic mass is 32.2. The zero-order chi connectivity index (χ0) is 17.2. The van der Waals surface area contributed by atoms with Crippen molar-refractivity contribution in [3.8, 4) is 0 Å². The van der Waals surface area contributed by atoms with Crippen molar-refractivity contribution >= 4 is 29.3 Å². The predicted octanol–water partition coefficient (Wildman–Crippen LogP) is 3.31. The molecule has 0 spiro atoms. The molecule has 0 aromatic heterocycles. The topological polar surface area (TPSA) is 49.4 Å². The molecule has 1 aromatic rings. The van der Waals surface area contributed by atoms with Crippen LogP contribution in [-0.4, -0.2) is 41.2 Å². The molecular formula is C15H15F3N2O2S. The Hall–Kier alpha value is -1.96. The molecule has 23 heavy (non-hydrogen) atoms. The quantitative estimate of drug-likeness (QED) is 0.853. The number of fused-ring (bicyclic) bond motifs is 1. The van der Waals surface area contributed by atoms with Crippen molar-refractivity contribution in [3.63, 3.8) is 0 Å². The molecule has 1 aromatic carbocycles. The second-order valence-electron chi connectivity index (χ2n) is 5.05. The minimum Gasteiger partial charge on any atom is -0.326 e. The van der Waals surface area contributed by atoms with Gasteiger partial charge in [-0.3, -0.25) is 9.59 Å². The summed E-state index contributed by atoms with van der Waals surface area (Å²) in [6, 6.07) is 4.49. The predicted molar refractivity (Wildman–Crippen MR) is 82.5 cm³/mol. The van der Waals surface area contributed by atoms with E-state index in [0.717, 1.165) is 4.90 Å². The Labute approximate surface area is 135 Å². The van der Waals surface area contributed by atoms with Crippen molar-refractivity contribution in [3.05, 3.63) is 36.4 Å². The van der Waals surface area contributed by atoms with Gasteiger partial charge in [0.15, 0.2) is 0 Å². The van der Waals surface area contributed by atoms with E-state index < -0.39 is 18.6 Å². The number of anilines is 1. The molecule has 124 valence electrons. The Morgan fingerprint density at radius 2 is 2.17 bits per heavy atom. The third kappa shape index (κ3) is 4.28. The SMILES string of the molecule is C=CCN(CC(F)(F)F)C(=O)c1ccc2c(c1)NC(=O)[C@H](C)S2. The minimum absolute atomic E-state index is 0.0882. The van der Waals surface area contributed by atoms with Gasteiger partial charge in [-0.25, -0.2) is 0 Å². The summed E-state index contributed by atoms with van der Waals surface area (Å²) in [7, 11) is 0. The third-order valence-corrected chi connectivity index (χ3v) is 4.34. The van der Waals surface area contributed by atoms with Gasteiger partial charge in [-0.2, -0.15) is 13.2 Å². The number of carbonyl (C=O) groups excluding carboxylic acids is 2. The van der Waals surface area contributed by atoms with E-state index in [1.165, 1.54) is 30.0 Å². The first-order valence-corrected chi connectivity index (χ1v) is 7.67. The van der Waals surface area contributed by atoms with Gasteiger partial charge in [-0.1, -0.05) is 6.08 Å². The van der Waals surface area contributed by atoms with E-state index in [1.54, 1.807) is 13.0 Å². The molecule has 1 N–H and O–H groups in total. The van der Waals surface area contributed by atoms with Crippen LogP contribution in [0.4, 0.5) is 18.9 Å². The first-order chi connectivity index (χ1) is 10.7. The Kier molecular flexibility index (Phi) is 5.03. The van der Waals surface area contributed by atoms with Gasteiger partial charge in [0.1, 0.15) is 6.54 Å². The highest BCUT2D eigenvalue weighted by molar-refractivity contribution is 8.00. The molecule has 4 nitrogen and oxygen atoms in total. The van der Waals surface area contributed by atoms with Crippen molar-refractivity contribution in [1.29, 1.82) is 0 Å². The summed E-state index contributed by atoms with van der Waals surface area (Å²) in [6.07, 6.45) is -3.26. The van der Waals surface area contributed by atoms with Crippen LogP contribution < -0.4 is 5.32 Å². The number of hydrogen-bond acceptors (Lipinski definition) is 3. The number of alkyl halides is 3. The molecule has 1 aliphatic rings. The van der Waals surface area contributed by atoms with Gasteiger partial charge in [0.2, 0.25) is 5.91 Å². The van der Waals surface area contributed by atoms with Crippen LogP contribution in [0.25, 0.3) is 0 Å². The van der Waals surface area contributed by atoms with E-state index in [1.807, 2.05) is 0 Å². The fourth-order valence-electron chi connectivity index (χ4n) is 2.12. The smallest absolute Gasteiger partial charge is 0.326 e. The molecular weight excluding hydrogens is 329 g/mol. The fourth-order valence-corrected chi connectivity index (χ4v) is 3.05. The average Bonchev–Trinajstić information content (AvgIpc) is 2.45. The number of hydrogen-bond donors (Lipinski definition) is 1. The van der Waals surface area contributed by atoms with E-state index in [-0.39, 0.29) is 23.3 Å². The summed E-state index contributed by atoms with van der Waals surface area (Å²) in [5.41, 5.74) is 0.528. The normalized spacial score (nSPS) is 17.2. The molecule has 0 bridgehead atoms. The Bertz CT molecular complexity index is 646. The van der Waals surface area contributed by atoms with E-state index in [9.17, 15) is 22.8 Å². The van der Waals surface area contributed by atoms with Gasteiger partial charge < -0.3 is 10.2 Å². The van der Waals surface area contributed by atoms with Crippen LogP contribution in [-0.2, 0) is 4.79 Å². The number of benzene rings is 1. The van der Waals surface area contributed by atoms with Crippen LogP contribution in [0.5, 0.6) is 0 Å². The number of rotatable bonds is 4. The standard InChI is InChI=1S/C15H15F3N2O2S/c1-3-6-20(8-15(16,17)18)14(22)10-4-5-12-11(7-10)19-13(21)9(2)23-12/h3-5,7,9H,1,6,8H2,2H3,(H,19,21)/t9-/m0/s1. The van der Waals surface area contributed by atoms with Crippen molar-refractivity contribution in [2.24, 2.45) is 0 Å². The molecule has 0 unspecified atom stereocenters. The molecule has 0 fully saturated rings. The summed E-state index contributed by atoms with van der Waals surface area (Å²) in [5.74, 6) is -0.965. The highest BCUT2D eigenvalue weighted by Crippen LogP contribution is 2.36. The zero-order valence-electron chi connectivity index (χ0n) is 12.3. The Balaban J connectivity index is 2.26. The molecule has 0 aliphatic carbocycles. The van der Waals surface area contributed by atoms with Crippen LogP contribution in [0.15, 0.2) is 35.7 Å². The number of nitrogens with one attached hydrogen (secondary N) is 1. The maximum Gasteiger partial charge on any atom is 0.406 e. The lowest BCUT2D eigenvalue weighted by Gasteiger charge is -2.25. The number of halogens is 3. The third-order valence-electron chi connectivity index (χ3n) is 3.16. The molecule has 8 heteroatoms. The van der Waals surface area contributed by atoms with Crippen molar-refractivity contribution in [2.75, 3.05) is 18.4 Å². The lowest BCUT2D eigenvalue weighted by Crippen LogP contribution is -2.39.